The number of fused-ring (bicyclic) bond motifs is 1. The molecule has 2 heterocycles. The van der Waals surface area contributed by atoms with Crippen LogP contribution in [-0.2, 0) is 4.79 Å². The number of rotatable bonds is 6. The topological polar surface area (TPSA) is 100 Å². The van der Waals surface area contributed by atoms with Gasteiger partial charge in [0.2, 0.25) is 0 Å². The second kappa shape index (κ2) is 8.04. The first-order chi connectivity index (χ1) is 13.9. The lowest BCUT2D eigenvalue weighted by atomic mass is 9.88. The van der Waals surface area contributed by atoms with E-state index >= 15 is 0 Å². The van der Waals surface area contributed by atoms with Gasteiger partial charge in [0.1, 0.15) is 11.0 Å². The highest BCUT2D eigenvalue weighted by Gasteiger charge is 2.28. The lowest BCUT2D eigenvalue weighted by molar-refractivity contribution is -0.130. The summed E-state index contributed by atoms with van der Waals surface area (Å²) in [6.45, 7) is 1.73. The summed E-state index contributed by atoms with van der Waals surface area (Å²) < 4.78 is 8.36. The Kier molecular flexibility index (Phi) is 5.47. The number of carbonyl (C=O) groups is 2. The highest BCUT2D eigenvalue weighted by molar-refractivity contribution is 7.16. The number of aromatic hydroxyl groups is 1. The van der Waals surface area contributed by atoms with E-state index in [-0.39, 0.29) is 16.4 Å². The fourth-order valence-electron chi connectivity index (χ4n) is 3.91. The van der Waals surface area contributed by atoms with E-state index < -0.39 is 5.97 Å². The second-order valence-corrected chi connectivity index (χ2v) is 8.97. The van der Waals surface area contributed by atoms with Crippen LogP contribution in [0.1, 0.15) is 52.9 Å². The van der Waals surface area contributed by atoms with Gasteiger partial charge in [-0.2, -0.15) is 8.75 Å². The van der Waals surface area contributed by atoms with E-state index in [1.807, 2.05) is 0 Å². The van der Waals surface area contributed by atoms with Gasteiger partial charge in [-0.1, -0.05) is 43.1 Å². The zero-order chi connectivity index (χ0) is 20.5. The molecule has 0 spiro atoms. The number of aromatic nitrogens is 2. The number of carboxylic acids is 1. The van der Waals surface area contributed by atoms with E-state index in [1.54, 1.807) is 31.2 Å². The molecule has 1 aliphatic rings. The normalized spacial score (nSPS) is 15.6. The summed E-state index contributed by atoms with van der Waals surface area (Å²) in [5, 5.41) is 20.1. The van der Waals surface area contributed by atoms with Crippen LogP contribution in [0.5, 0.6) is 5.06 Å². The highest BCUT2D eigenvalue weighted by atomic mass is 32.1. The number of aryl methyl sites for hydroxylation is 1. The summed E-state index contributed by atoms with van der Waals surface area (Å²) in [6.07, 6.45) is 4.61. The maximum Gasteiger partial charge on any atom is 0.336 e. The number of aliphatic carboxylic acids is 1. The van der Waals surface area contributed by atoms with Gasteiger partial charge >= 0.3 is 5.97 Å². The fraction of sp³-hybridized carbons (Fsp3) is 0.333. The van der Waals surface area contributed by atoms with Crippen molar-refractivity contribution in [1.82, 2.24) is 8.75 Å². The van der Waals surface area contributed by atoms with Crippen LogP contribution < -0.4 is 0 Å². The number of thiophene rings is 1. The average molecular weight is 429 g/mol. The molecule has 1 aliphatic carbocycles. The molecule has 2 aromatic heterocycles. The number of carbonyl (C=O) groups excluding carboxylic acids is 1. The van der Waals surface area contributed by atoms with Gasteiger partial charge in [-0.05, 0) is 43.0 Å². The molecule has 8 heteroatoms. The van der Waals surface area contributed by atoms with E-state index in [1.165, 1.54) is 0 Å². The molecule has 29 heavy (non-hydrogen) atoms. The number of hydrogen-bond acceptors (Lipinski definition) is 7. The molecule has 6 nitrogen and oxygen atoms in total. The van der Waals surface area contributed by atoms with Crippen molar-refractivity contribution in [2.45, 2.75) is 39.0 Å². The molecule has 1 fully saturated rings. The van der Waals surface area contributed by atoms with Gasteiger partial charge in [-0.25, -0.2) is 4.79 Å². The standard InChI is InChI=1S/C21H20N2O4S2/c1-11-8-17(28-21(11)27)19(24)14(9-12-4-2-3-5-12)18(20(25)26)13-6-7-15-16(10-13)23-29-22-15/h6-8,10,12,27H,2-5,9H2,1H3,(H,25,26). The van der Waals surface area contributed by atoms with E-state index in [0.717, 1.165) is 48.7 Å². The maximum atomic E-state index is 13.4. The number of nitrogens with zero attached hydrogens (tertiary/aromatic N) is 2. The molecule has 3 aromatic rings. The average Bonchev–Trinajstić information content (AvgIpc) is 3.42. The number of hydrogen-bond donors (Lipinski definition) is 2. The highest BCUT2D eigenvalue weighted by Crippen LogP contribution is 2.37. The molecular formula is C21H20N2O4S2. The third-order valence-electron chi connectivity index (χ3n) is 5.42. The van der Waals surface area contributed by atoms with E-state index in [0.29, 0.717) is 44.9 Å². The van der Waals surface area contributed by atoms with Crippen LogP contribution >= 0.6 is 23.1 Å². The minimum absolute atomic E-state index is 0.0161. The minimum atomic E-state index is -1.13. The Morgan fingerprint density at radius 1 is 1.14 bits per heavy atom. The molecule has 2 N–H and O–H groups in total. The van der Waals surface area contributed by atoms with Crippen molar-refractivity contribution in [2.24, 2.45) is 5.92 Å². The number of benzene rings is 1. The summed E-state index contributed by atoms with van der Waals surface area (Å²) in [4.78, 5) is 26.1. The third kappa shape index (κ3) is 3.95. The number of allylic oxidation sites excluding steroid dienone is 1. The van der Waals surface area contributed by atoms with Gasteiger partial charge in [-0.3, -0.25) is 4.79 Å². The zero-order valence-electron chi connectivity index (χ0n) is 15.8. The number of carboxylic acid groups (broad SMARTS) is 1. The molecule has 1 aromatic carbocycles. The molecule has 0 radical (unpaired) electrons. The Labute approximate surface area is 175 Å². The quantitative estimate of drug-likeness (QED) is 0.420. The summed E-state index contributed by atoms with van der Waals surface area (Å²) >= 11 is 2.06. The van der Waals surface area contributed by atoms with Crippen molar-refractivity contribution >= 4 is 51.4 Å². The van der Waals surface area contributed by atoms with E-state index in [4.69, 9.17) is 0 Å². The van der Waals surface area contributed by atoms with Crippen LogP contribution in [-0.4, -0.2) is 30.7 Å². The first-order valence-electron chi connectivity index (χ1n) is 9.47. The lowest BCUT2D eigenvalue weighted by Gasteiger charge is -2.15. The van der Waals surface area contributed by atoms with Gasteiger partial charge in [0, 0.05) is 11.1 Å². The predicted octanol–water partition coefficient (Wildman–Crippen LogP) is 5.07. The van der Waals surface area contributed by atoms with Crippen LogP contribution in [0.15, 0.2) is 29.8 Å². The van der Waals surface area contributed by atoms with Crippen LogP contribution in [0.4, 0.5) is 0 Å². The molecular weight excluding hydrogens is 408 g/mol. The SMILES string of the molecule is Cc1cc(C(=O)C(CC2CCCC2)=C(C(=O)O)c2ccc3nsnc3c2)sc1O. The molecule has 4 rings (SSSR count). The van der Waals surface area contributed by atoms with Crippen molar-refractivity contribution < 1.29 is 19.8 Å². The smallest absolute Gasteiger partial charge is 0.336 e. The minimum Gasteiger partial charge on any atom is -0.499 e. The second-order valence-electron chi connectivity index (χ2n) is 7.41. The van der Waals surface area contributed by atoms with Crippen molar-refractivity contribution in [3.63, 3.8) is 0 Å². The van der Waals surface area contributed by atoms with Crippen molar-refractivity contribution in [3.05, 3.63) is 45.8 Å². The van der Waals surface area contributed by atoms with Crippen LogP contribution in [0.2, 0.25) is 0 Å². The van der Waals surface area contributed by atoms with Crippen LogP contribution in [0, 0.1) is 12.8 Å². The molecule has 1 saturated carbocycles. The Bertz CT molecular complexity index is 1100. The zero-order valence-corrected chi connectivity index (χ0v) is 17.5. The molecule has 0 unspecified atom stereocenters. The Balaban J connectivity index is 1.86. The maximum absolute atomic E-state index is 13.4. The molecule has 0 aliphatic heterocycles. The van der Waals surface area contributed by atoms with Crippen molar-refractivity contribution in [3.8, 4) is 5.06 Å². The molecule has 0 saturated heterocycles. The van der Waals surface area contributed by atoms with Gasteiger partial charge in [0.05, 0.1) is 22.2 Å². The van der Waals surface area contributed by atoms with Crippen LogP contribution in [0.3, 0.4) is 0 Å². The van der Waals surface area contributed by atoms with E-state index in [9.17, 15) is 19.8 Å². The Morgan fingerprint density at radius 2 is 1.86 bits per heavy atom. The predicted molar refractivity (Wildman–Crippen MR) is 114 cm³/mol. The van der Waals surface area contributed by atoms with E-state index in [2.05, 4.69) is 8.75 Å². The molecule has 0 bridgehead atoms. The van der Waals surface area contributed by atoms with Crippen LogP contribution in [0.25, 0.3) is 16.6 Å². The number of ketones is 1. The molecule has 0 amide bonds. The largest absolute Gasteiger partial charge is 0.499 e. The summed E-state index contributed by atoms with van der Waals surface area (Å²) in [7, 11) is 0. The third-order valence-corrected chi connectivity index (χ3v) is 7.01. The Morgan fingerprint density at radius 3 is 2.52 bits per heavy atom. The van der Waals surface area contributed by atoms with Gasteiger partial charge in [0.15, 0.2) is 10.8 Å². The van der Waals surface area contributed by atoms with Gasteiger partial charge in [-0.15, -0.1) is 0 Å². The first kappa shape index (κ1) is 19.7. The van der Waals surface area contributed by atoms with Gasteiger partial charge in [0.25, 0.3) is 0 Å². The van der Waals surface area contributed by atoms with Crippen molar-refractivity contribution in [2.75, 3.05) is 0 Å². The molecule has 150 valence electrons. The summed E-state index contributed by atoms with van der Waals surface area (Å²) in [5.74, 6) is -1.16. The molecule has 0 atom stereocenters. The number of Topliss-reactive ketones (excluding diaryl/α,β-unsaturated/α-hetero) is 1. The lowest BCUT2D eigenvalue weighted by Crippen LogP contribution is -2.13. The van der Waals surface area contributed by atoms with Gasteiger partial charge < -0.3 is 10.2 Å². The monoisotopic (exact) mass is 428 g/mol. The summed E-state index contributed by atoms with van der Waals surface area (Å²) in [6, 6.07) is 6.73. The first-order valence-corrected chi connectivity index (χ1v) is 11.0. The van der Waals surface area contributed by atoms with Crippen molar-refractivity contribution in [1.29, 1.82) is 0 Å². The fourth-order valence-corrected chi connectivity index (χ4v) is 5.31. The summed E-state index contributed by atoms with van der Waals surface area (Å²) in [5.41, 5.74) is 2.70. The Hall–Kier alpha value is -2.58.